The van der Waals surface area contributed by atoms with Gasteiger partial charge in [0.2, 0.25) is 0 Å². The van der Waals surface area contributed by atoms with Crippen molar-refractivity contribution in [1.82, 2.24) is 9.80 Å². The predicted molar refractivity (Wildman–Crippen MR) is 47.8 cm³/mol. The smallest absolute Gasteiger partial charge is 0.251 e. The van der Waals surface area contributed by atoms with Gasteiger partial charge in [-0.05, 0) is 0 Å². The standard InChI is InChI=1S/C7H13BrF2N2/c8-6-12-3-1-11(2-4-12)5-7(9)10/h7H,1-6H2. The van der Waals surface area contributed by atoms with E-state index in [-0.39, 0.29) is 6.54 Å². The Kier molecular flexibility index (Phi) is 4.39. The van der Waals surface area contributed by atoms with Gasteiger partial charge in [-0.3, -0.25) is 9.80 Å². The molecule has 0 aromatic rings. The van der Waals surface area contributed by atoms with Crippen molar-refractivity contribution in [2.24, 2.45) is 0 Å². The lowest BCUT2D eigenvalue weighted by atomic mass is 10.3. The average molecular weight is 243 g/mol. The molecule has 1 aliphatic heterocycles. The normalized spacial score (nSPS) is 22.0. The van der Waals surface area contributed by atoms with E-state index < -0.39 is 6.43 Å². The SMILES string of the molecule is FC(F)CN1CCN(CBr)CC1. The van der Waals surface area contributed by atoms with Crippen LogP contribution in [0.25, 0.3) is 0 Å². The number of hydrogen-bond acceptors (Lipinski definition) is 2. The molecule has 0 atom stereocenters. The van der Waals surface area contributed by atoms with Gasteiger partial charge in [-0.25, -0.2) is 8.78 Å². The van der Waals surface area contributed by atoms with Crippen molar-refractivity contribution in [3.63, 3.8) is 0 Å². The maximum Gasteiger partial charge on any atom is 0.251 e. The lowest BCUT2D eigenvalue weighted by Crippen LogP contribution is -2.47. The van der Waals surface area contributed by atoms with Crippen molar-refractivity contribution >= 4 is 15.9 Å². The largest absolute Gasteiger partial charge is 0.295 e. The average Bonchev–Trinajstić information content (AvgIpc) is 2.05. The molecule has 1 aliphatic rings. The Morgan fingerprint density at radius 1 is 1.08 bits per heavy atom. The minimum atomic E-state index is -2.19. The molecule has 12 heavy (non-hydrogen) atoms. The topological polar surface area (TPSA) is 6.48 Å². The number of rotatable bonds is 3. The summed E-state index contributed by atoms with van der Waals surface area (Å²) in [4.78, 5) is 4.01. The van der Waals surface area contributed by atoms with Crippen molar-refractivity contribution in [1.29, 1.82) is 0 Å². The Labute approximate surface area is 79.6 Å². The van der Waals surface area contributed by atoms with Crippen LogP contribution in [-0.4, -0.2) is 54.4 Å². The molecule has 2 nitrogen and oxygen atoms in total. The van der Waals surface area contributed by atoms with Crippen LogP contribution in [0.4, 0.5) is 8.78 Å². The Hall–Kier alpha value is 0.260. The zero-order chi connectivity index (χ0) is 8.97. The summed E-state index contributed by atoms with van der Waals surface area (Å²) in [6.45, 7) is 3.22. The van der Waals surface area contributed by atoms with Crippen molar-refractivity contribution < 1.29 is 8.78 Å². The van der Waals surface area contributed by atoms with Crippen molar-refractivity contribution in [2.75, 3.05) is 38.2 Å². The van der Waals surface area contributed by atoms with Gasteiger partial charge < -0.3 is 0 Å². The Morgan fingerprint density at radius 2 is 1.58 bits per heavy atom. The monoisotopic (exact) mass is 242 g/mol. The summed E-state index contributed by atoms with van der Waals surface area (Å²) in [6.07, 6.45) is -2.19. The van der Waals surface area contributed by atoms with Crippen LogP contribution in [0.2, 0.25) is 0 Å². The number of nitrogens with zero attached hydrogens (tertiary/aromatic N) is 2. The van der Waals surface area contributed by atoms with Gasteiger partial charge in [-0.15, -0.1) is 0 Å². The lowest BCUT2D eigenvalue weighted by molar-refractivity contribution is 0.0614. The molecular weight excluding hydrogens is 230 g/mol. The first-order chi connectivity index (χ1) is 5.72. The number of piperazine rings is 1. The molecule has 5 heteroatoms. The number of alkyl halides is 3. The van der Waals surface area contributed by atoms with E-state index in [1.165, 1.54) is 0 Å². The minimum absolute atomic E-state index is 0.0733. The first-order valence-electron chi connectivity index (χ1n) is 4.01. The second-order valence-electron chi connectivity index (χ2n) is 2.93. The highest BCUT2D eigenvalue weighted by Gasteiger charge is 2.18. The Morgan fingerprint density at radius 3 is 2.00 bits per heavy atom. The summed E-state index contributed by atoms with van der Waals surface area (Å²) in [5.74, 6) is 0. The summed E-state index contributed by atoms with van der Waals surface area (Å²) in [6, 6.07) is 0. The van der Waals surface area contributed by atoms with Crippen LogP contribution in [0.5, 0.6) is 0 Å². The van der Waals surface area contributed by atoms with E-state index >= 15 is 0 Å². The lowest BCUT2D eigenvalue weighted by Gasteiger charge is -2.33. The van der Waals surface area contributed by atoms with E-state index in [1.807, 2.05) is 4.90 Å². The zero-order valence-electron chi connectivity index (χ0n) is 6.85. The van der Waals surface area contributed by atoms with Crippen LogP contribution in [0.3, 0.4) is 0 Å². The second-order valence-corrected chi connectivity index (χ2v) is 3.43. The first-order valence-corrected chi connectivity index (χ1v) is 5.13. The van der Waals surface area contributed by atoms with Crippen molar-refractivity contribution in [2.45, 2.75) is 6.43 Å². The predicted octanol–water partition coefficient (Wildman–Crippen LogP) is 1.22. The van der Waals surface area contributed by atoms with Crippen LogP contribution < -0.4 is 0 Å². The van der Waals surface area contributed by atoms with Crippen molar-refractivity contribution in [3.05, 3.63) is 0 Å². The highest BCUT2D eigenvalue weighted by molar-refractivity contribution is 9.09. The highest BCUT2D eigenvalue weighted by Crippen LogP contribution is 2.05. The van der Waals surface area contributed by atoms with E-state index in [1.54, 1.807) is 0 Å². The highest BCUT2D eigenvalue weighted by atomic mass is 79.9. The molecule has 0 unspecified atom stereocenters. The fourth-order valence-electron chi connectivity index (χ4n) is 1.29. The molecule has 0 saturated carbocycles. The summed E-state index contributed by atoms with van der Waals surface area (Å²) in [5, 5.41) is 0. The van der Waals surface area contributed by atoms with Crippen molar-refractivity contribution in [3.8, 4) is 0 Å². The van der Waals surface area contributed by atoms with Crippen LogP contribution in [0, 0.1) is 0 Å². The van der Waals surface area contributed by atoms with E-state index in [2.05, 4.69) is 20.8 Å². The number of hydrogen-bond donors (Lipinski definition) is 0. The zero-order valence-corrected chi connectivity index (χ0v) is 8.43. The van der Waals surface area contributed by atoms with Gasteiger partial charge in [-0.2, -0.15) is 0 Å². The van der Waals surface area contributed by atoms with Crippen LogP contribution in [0.1, 0.15) is 0 Å². The van der Waals surface area contributed by atoms with Gasteiger partial charge in [-0.1, -0.05) is 15.9 Å². The van der Waals surface area contributed by atoms with Gasteiger partial charge >= 0.3 is 0 Å². The third-order valence-electron chi connectivity index (χ3n) is 2.03. The summed E-state index contributed by atoms with van der Waals surface area (Å²) >= 11 is 3.34. The third kappa shape index (κ3) is 3.33. The molecule has 1 heterocycles. The molecular formula is C7H13BrF2N2. The van der Waals surface area contributed by atoms with E-state index in [0.717, 1.165) is 31.6 Å². The molecule has 0 radical (unpaired) electrons. The molecule has 0 amide bonds. The van der Waals surface area contributed by atoms with E-state index in [9.17, 15) is 8.78 Å². The minimum Gasteiger partial charge on any atom is -0.295 e. The fourth-order valence-corrected chi connectivity index (χ4v) is 1.79. The molecule has 1 fully saturated rings. The molecule has 0 aromatic heterocycles. The van der Waals surface area contributed by atoms with Crippen LogP contribution in [0.15, 0.2) is 0 Å². The molecule has 1 rings (SSSR count). The van der Waals surface area contributed by atoms with Gasteiger partial charge in [0.25, 0.3) is 6.43 Å². The summed E-state index contributed by atoms with van der Waals surface area (Å²) in [5.41, 5.74) is 0.843. The first kappa shape index (κ1) is 10.3. The second kappa shape index (κ2) is 5.09. The van der Waals surface area contributed by atoms with Gasteiger partial charge in [0, 0.05) is 26.2 Å². The van der Waals surface area contributed by atoms with Crippen LogP contribution >= 0.6 is 15.9 Å². The Bertz CT molecular complexity index is 127. The molecule has 0 aliphatic carbocycles. The maximum absolute atomic E-state index is 11.9. The van der Waals surface area contributed by atoms with Gasteiger partial charge in [0.1, 0.15) is 0 Å². The summed E-state index contributed by atoms with van der Waals surface area (Å²) in [7, 11) is 0. The van der Waals surface area contributed by atoms with E-state index in [0.29, 0.717) is 0 Å². The molecule has 0 spiro atoms. The quantitative estimate of drug-likeness (QED) is 0.543. The van der Waals surface area contributed by atoms with E-state index in [4.69, 9.17) is 0 Å². The maximum atomic E-state index is 11.9. The molecule has 72 valence electrons. The summed E-state index contributed by atoms with van der Waals surface area (Å²) < 4.78 is 23.9. The molecule has 0 aromatic carbocycles. The molecule has 1 saturated heterocycles. The van der Waals surface area contributed by atoms with Gasteiger partial charge in [0.15, 0.2) is 0 Å². The fraction of sp³-hybridized carbons (Fsp3) is 1.00. The molecule has 0 N–H and O–H groups in total. The molecule has 0 bridgehead atoms. The third-order valence-corrected chi connectivity index (χ3v) is 2.74. The van der Waals surface area contributed by atoms with Crippen LogP contribution in [-0.2, 0) is 0 Å². The Balaban J connectivity index is 2.17. The van der Waals surface area contributed by atoms with Gasteiger partial charge in [0.05, 0.1) is 12.0 Å². The number of halogens is 3.